The number of nitrogen functional groups attached to an aromatic ring is 1. The second-order valence-electron chi connectivity index (χ2n) is 4.90. The monoisotopic (exact) mass is 274 g/mol. The van der Waals surface area contributed by atoms with E-state index in [2.05, 4.69) is 21.8 Å². The smallest absolute Gasteiger partial charge is 0.245 e. The predicted octanol–water partition coefficient (Wildman–Crippen LogP) is 0.0869. The Bertz CT molecular complexity index is 505. The summed E-state index contributed by atoms with van der Waals surface area (Å²) in [5, 5.41) is 6.02. The van der Waals surface area contributed by atoms with E-state index in [1.807, 2.05) is 0 Å². The third-order valence-electron chi connectivity index (χ3n) is 3.31. The van der Waals surface area contributed by atoms with Gasteiger partial charge in [-0.25, -0.2) is 13.1 Å². The zero-order valence-corrected chi connectivity index (χ0v) is 11.1. The first-order valence-electron chi connectivity index (χ1n) is 5.79. The van der Waals surface area contributed by atoms with Gasteiger partial charge in [-0.05, 0) is 18.3 Å². The van der Waals surface area contributed by atoms with Crippen LogP contribution in [0, 0.1) is 5.41 Å². The largest absolute Gasteiger partial charge is 0.383 e. The molecule has 2 rings (SSSR count). The van der Waals surface area contributed by atoms with Crippen molar-refractivity contribution >= 4 is 15.8 Å². The van der Waals surface area contributed by atoms with Gasteiger partial charge in [-0.15, -0.1) is 0 Å². The van der Waals surface area contributed by atoms with Crippen molar-refractivity contribution in [1.82, 2.24) is 14.9 Å². The number of ether oxygens (including phenoxy) is 1. The van der Waals surface area contributed by atoms with Crippen molar-refractivity contribution in [3.8, 4) is 0 Å². The number of hydrogen-bond donors (Lipinski definition) is 3. The van der Waals surface area contributed by atoms with E-state index in [-0.39, 0.29) is 16.1 Å². The molecular formula is C10H18N4O3S. The second-order valence-corrected chi connectivity index (χ2v) is 6.63. The highest BCUT2D eigenvalue weighted by Gasteiger charge is 2.30. The Kier molecular flexibility index (Phi) is 3.60. The summed E-state index contributed by atoms with van der Waals surface area (Å²) in [7, 11) is -3.59. The van der Waals surface area contributed by atoms with Crippen molar-refractivity contribution in [3.05, 3.63) is 6.20 Å². The fourth-order valence-electron chi connectivity index (χ4n) is 1.89. The van der Waals surface area contributed by atoms with E-state index >= 15 is 0 Å². The molecule has 1 fully saturated rings. The van der Waals surface area contributed by atoms with Crippen LogP contribution in [0.5, 0.6) is 0 Å². The number of hydrogen-bond acceptors (Lipinski definition) is 5. The van der Waals surface area contributed by atoms with Gasteiger partial charge in [-0.2, -0.15) is 5.10 Å². The molecule has 0 saturated carbocycles. The van der Waals surface area contributed by atoms with Gasteiger partial charge in [0.1, 0.15) is 10.7 Å². The highest BCUT2D eigenvalue weighted by molar-refractivity contribution is 7.89. The van der Waals surface area contributed by atoms with Crippen molar-refractivity contribution in [2.75, 3.05) is 25.5 Å². The molecule has 1 aliphatic heterocycles. The summed E-state index contributed by atoms with van der Waals surface area (Å²) < 4.78 is 31.9. The first kappa shape index (κ1) is 13.3. The van der Waals surface area contributed by atoms with Crippen LogP contribution in [-0.2, 0) is 14.8 Å². The fraction of sp³-hybridized carbons (Fsp3) is 0.700. The van der Waals surface area contributed by atoms with E-state index in [9.17, 15) is 8.42 Å². The lowest BCUT2D eigenvalue weighted by molar-refractivity contribution is 0.0265. The van der Waals surface area contributed by atoms with E-state index < -0.39 is 10.0 Å². The maximum atomic E-state index is 12.0. The third-order valence-corrected chi connectivity index (χ3v) is 4.74. The first-order chi connectivity index (χ1) is 8.43. The molecule has 4 N–H and O–H groups in total. The number of nitrogens with one attached hydrogen (secondary N) is 2. The molecule has 0 unspecified atom stereocenters. The van der Waals surface area contributed by atoms with E-state index in [1.165, 1.54) is 6.20 Å². The molecule has 18 heavy (non-hydrogen) atoms. The van der Waals surface area contributed by atoms with Gasteiger partial charge in [-0.3, -0.25) is 5.10 Å². The van der Waals surface area contributed by atoms with Crippen LogP contribution in [0.4, 0.5) is 5.82 Å². The number of rotatable bonds is 4. The van der Waals surface area contributed by atoms with Gasteiger partial charge in [0.15, 0.2) is 0 Å². The van der Waals surface area contributed by atoms with Gasteiger partial charge in [0.05, 0.1) is 6.20 Å². The van der Waals surface area contributed by atoms with E-state index in [0.717, 1.165) is 12.8 Å². The van der Waals surface area contributed by atoms with Crippen LogP contribution in [0.1, 0.15) is 19.8 Å². The standard InChI is InChI=1S/C10H18N4O3S/c1-10(2-4-17-5-3-10)7-13-18(15,16)8-6-12-14-9(8)11/h6,13H,2-5,7H2,1H3,(H3,11,12,14). The highest BCUT2D eigenvalue weighted by Crippen LogP contribution is 2.29. The van der Waals surface area contributed by atoms with Crippen molar-refractivity contribution in [3.63, 3.8) is 0 Å². The van der Waals surface area contributed by atoms with Crippen molar-refractivity contribution in [1.29, 1.82) is 0 Å². The Labute approximate surface area is 106 Å². The van der Waals surface area contributed by atoms with Crippen molar-refractivity contribution < 1.29 is 13.2 Å². The molecule has 0 spiro atoms. The van der Waals surface area contributed by atoms with E-state index in [4.69, 9.17) is 10.5 Å². The van der Waals surface area contributed by atoms with Gasteiger partial charge in [0, 0.05) is 19.8 Å². The molecule has 2 heterocycles. The van der Waals surface area contributed by atoms with Crippen LogP contribution in [-0.4, -0.2) is 38.4 Å². The molecule has 1 aromatic rings. The number of anilines is 1. The van der Waals surface area contributed by atoms with Crippen LogP contribution in [0.25, 0.3) is 0 Å². The second kappa shape index (κ2) is 4.87. The van der Waals surface area contributed by atoms with Gasteiger partial charge in [-0.1, -0.05) is 6.92 Å². The number of nitrogens with two attached hydrogens (primary N) is 1. The van der Waals surface area contributed by atoms with Gasteiger partial charge >= 0.3 is 0 Å². The summed E-state index contributed by atoms with van der Waals surface area (Å²) in [5.74, 6) is 0.0552. The van der Waals surface area contributed by atoms with Crippen molar-refractivity contribution in [2.45, 2.75) is 24.7 Å². The topological polar surface area (TPSA) is 110 Å². The summed E-state index contributed by atoms with van der Waals surface area (Å²) in [6.07, 6.45) is 2.90. The average Bonchev–Trinajstić information content (AvgIpc) is 2.75. The van der Waals surface area contributed by atoms with E-state index in [0.29, 0.717) is 19.8 Å². The number of nitrogens with zero attached hydrogens (tertiary/aromatic N) is 1. The number of H-pyrrole nitrogens is 1. The average molecular weight is 274 g/mol. The highest BCUT2D eigenvalue weighted by atomic mass is 32.2. The number of sulfonamides is 1. The molecule has 102 valence electrons. The Morgan fingerprint density at radius 3 is 2.78 bits per heavy atom. The zero-order valence-electron chi connectivity index (χ0n) is 10.3. The number of aromatic amines is 1. The molecule has 0 radical (unpaired) electrons. The van der Waals surface area contributed by atoms with Crippen LogP contribution in [0.15, 0.2) is 11.1 Å². The molecule has 1 saturated heterocycles. The van der Waals surface area contributed by atoms with E-state index in [1.54, 1.807) is 0 Å². The fourth-order valence-corrected chi connectivity index (χ4v) is 3.11. The molecule has 0 amide bonds. The minimum atomic E-state index is -3.59. The van der Waals surface area contributed by atoms with Gasteiger partial charge in [0.2, 0.25) is 10.0 Å². The van der Waals surface area contributed by atoms with Gasteiger partial charge in [0.25, 0.3) is 0 Å². The molecule has 0 atom stereocenters. The number of aromatic nitrogens is 2. The Morgan fingerprint density at radius 2 is 2.22 bits per heavy atom. The molecular weight excluding hydrogens is 256 g/mol. The minimum absolute atomic E-state index is 0.00170. The van der Waals surface area contributed by atoms with Crippen LogP contribution < -0.4 is 10.5 Å². The van der Waals surface area contributed by atoms with Crippen LogP contribution in [0.3, 0.4) is 0 Å². The molecule has 1 aromatic heterocycles. The lowest BCUT2D eigenvalue weighted by Gasteiger charge is -2.33. The SMILES string of the molecule is CC1(CNS(=O)(=O)c2cn[nH]c2N)CCOCC1. The van der Waals surface area contributed by atoms with Crippen LogP contribution in [0.2, 0.25) is 0 Å². The van der Waals surface area contributed by atoms with Gasteiger partial charge < -0.3 is 10.5 Å². The molecule has 7 nitrogen and oxygen atoms in total. The summed E-state index contributed by atoms with van der Waals surface area (Å²) in [6.45, 7) is 3.78. The molecule has 1 aliphatic rings. The third kappa shape index (κ3) is 2.82. The first-order valence-corrected chi connectivity index (χ1v) is 7.28. The normalized spacial score (nSPS) is 19.8. The molecule has 0 bridgehead atoms. The maximum absolute atomic E-state index is 12.0. The summed E-state index contributed by atoms with van der Waals surface area (Å²) in [6, 6.07) is 0. The predicted molar refractivity (Wildman–Crippen MR) is 66.3 cm³/mol. The quantitative estimate of drug-likeness (QED) is 0.720. The lowest BCUT2D eigenvalue weighted by atomic mass is 9.83. The van der Waals surface area contributed by atoms with Crippen LogP contribution >= 0.6 is 0 Å². The summed E-state index contributed by atoms with van der Waals surface area (Å²) in [4.78, 5) is -0.00170. The zero-order chi connectivity index (χ0) is 13.2. The Balaban J connectivity index is 2.03. The summed E-state index contributed by atoms with van der Waals surface area (Å²) in [5.41, 5.74) is 5.45. The van der Waals surface area contributed by atoms with Crippen molar-refractivity contribution in [2.24, 2.45) is 5.41 Å². The Morgan fingerprint density at radius 1 is 1.56 bits per heavy atom. The Hall–Kier alpha value is -1.12. The lowest BCUT2D eigenvalue weighted by Crippen LogP contribution is -2.39. The summed E-state index contributed by atoms with van der Waals surface area (Å²) >= 11 is 0. The molecule has 0 aromatic carbocycles. The maximum Gasteiger partial charge on any atom is 0.245 e. The molecule has 8 heteroatoms. The minimum Gasteiger partial charge on any atom is -0.383 e. The molecule has 0 aliphatic carbocycles.